The van der Waals surface area contributed by atoms with Crippen molar-refractivity contribution in [1.82, 2.24) is 0 Å². The minimum atomic E-state index is -2.01. The van der Waals surface area contributed by atoms with E-state index in [0.29, 0.717) is 23.0 Å². The molecule has 0 spiro atoms. The Morgan fingerprint density at radius 3 is 2.04 bits per heavy atom. The first-order valence-corrected chi connectivity index (χ1v) is 12.1. The van der Waals surface area contributed by atoms with Crippen LogP contribution in [0.15, 0.2) is 12.1 Å². The van der Waals surface area contributed by atoms with Gasteiger partial charge in [-0.15, -0.1) is 0 Å². The van der Waals surface area contributed by atoms with Crippen molar-refractivity contribution in [2.75, 3.05) is 7.11 Å². The van der Waals surface area contributed by atoms with Crippen LogP contribution < -0.4 is 9.16 Å². The molecule has 3 nitrogen and oxygen atoms in total. The number of methoxy groups -OCH3 is 1. The first-order chi connectivity index (χ1) is 12.2. The van der Waals surface area contributed by atoms with Crippen LogP contribution in [0.4, 0.5) is 0 Å². The number of hydrogen-bond acceptors (Lipinski definition) is 3. The van der Waals surface area contributed by atoms with Crippen molar-refractivity contribution in [3.8, 4) is 17.6 Å². The van der Waals surface area contributed by atoms with Crippen molar-refractivity contribution in [2.24, 2.45) is 0 Å². The molecular formula is C22H37NO2Si. The molecule has 0 aliphatic heterocycles. The summed E-state index contributed by atoms with van der Waals surface area (Å²) in [5.41, 5.74) is 3.98. The maximum Gasteiger partial charge on any atom is 0.258 e. The third kappa shape index (κ3) is 5.04. The van der Waals surface area contributed by atoms with E-state index in [1.807, 2.05) is 0 Å². The number of nitriles is 1. The summed E-state index contributed by atoms with van der Waals surface area (Å²) < 4.78 is 12.5. The lowest BCUT2D eigenvalue weighted by atomic mass is 10.0. The van der Waals surface area contributed by atoms with Crippen LogP contribution >= 0.6 is 0 Å². The van der Waals surface area contributed by atoms with Gasteiger partial charge in [-0.3, -0.25) is 0 Å². The molecule has 1 aromatic rings. The fraction of sp³-hybridized carbons (Fsp3) is 0.682. The molecule has 0 amide bonds. The van der Waals surface area contributed by atoms with Crippen LogP contribution in [0.1, 0.15) is 71.9 Å². The van der Waals surface area contributed by atoms with Crippen LogP contribution in [-0.2, 0) is 6.42 Å². The van der Waals surface area contributed by atoms with Crippen molar-refractivity contribution < 1.29 is 9.16 Å². The first kappa shape index (κ1) is 22.6. The van der Waals surface area contributed by atoms with Crippen molar-refractivity contribution in [3.05, 3.63) is 23.3 Å². The van der Waals surface area contributed by atoms with Crippen LogP contribution in [0.5, 0.6) is 11.5 Å². The molecule has 26 heavy (non-hydrogen) atoms. The molecule has 0 heterocycles. The smallest absolute Gasteiger partial charge is 0.258 e. The maximum absolute atomic E-state index is 8.79. The topological polar surface area (TPSA) is 42.2 Å². The van der Waals surface area contributed by atoms with E-state index in [1.165, 1.54) is 5.56 Å². The lowest BCUT2D eigenvalue weighted by Crippen LogP contribution is -2.51. The summed E-state index contributed by atoms with van der Waals surface area (Å²) in [5.74, 6) is 1.95. The minimum absolute atomic E-state index is 0.537. The predicted molar refractivity (Wildman–Crippen MR) is 113 cm³/mol. The number of rotatable bonds is 10. The molecular weight excluding hydrogens is 338 g/mol. The Labute approximate surface area is 161 Å². The first-order valence-electron chi connectivity index (χ1n) is 9.94. The van der Waals surface area contributed by atoms with Gasteiger partial charge in [-0.1, -0.05) is 41.5 Å². The Morgan fingerprint density at radius 2 is 1.58 bits per heavy atom. The zero-order chi connectivity index (χ0) is 19.9. The van der Waals surface area contributed by atoms with E-state index in [9.17, 15) is 0 Å². The molecule has 0 unspecified atom stereocenters. The number of hydrogen-bond donors (Lipinski definition) is 0. The summed E-state index contributed by atoms with van der Waals surface area (Å²) in [5, 5.41) is 8.79. The summed E-state index contributed by atoms with van der Waals surface area (Å²) in [6.45, 7) is 16.0. The number of aryl methyl sites for hydroxylation is 2. The number of unbranched alkanes of at least 4 members (excludes halogenated alkanes) is 2. The van der Waals surface area contributed by atoms with Gasteiger partial charge >= 0.3 is 0 Å². The summed E-state index contributed by atoms with van der Waals surface area (Å²) in [6, 6.07) is 6.43. The van der Waals surface area contributed by atoms with Gasteiger partial charge in [0.15, 0.2) is 0 Å². The second-order valence-electron chi connectivity index (χ2n) is 8.22. The van der Waals surface area contributed by atoms with Gasteiger partial charge in [0, 0.05) is 6.42 Å². The summed E-state index contributed by atoms with van der Waals surface area (Å²) in [6.07, 6.45) is 3.46. The van der Waals surface area contributed by atoms with E-state index in [2.05, 4.69) is 66.7 Å². The van der Waals surface area contributed by atoms with Gasteiger partial charge in [-0.05, 0) is 66.1 Å². The van der Waals surface area contributed by atoms with E-state index in [0.717, 1.165) is 36.3 Å². The Hall–Kier alpha value is -1.47. The third-order valence-electron chi connectivity index (χ3n) is 5.53. The Kier molecular flexibility index (Phi) is 8.69. The summed E-state index contributed by atoms with van der Waals surface area (Å²) in [4.78, 5) is 0. The second kappa shape index (κ2) is 10.0. The molecule has 0 bridgehead atoms. The Balaban J connectivity index is 3.33. The fourth-order valence-electron chi connectivity index (χ4n) is 4.31. The highest BCUT2D eigenvalue weighted by atomic mass is 28.4. The molecule has 0 aliphatic carbocycles. The van der Waals surface area contributed by atoms with Crippen LogP contribution in [0.3, 0.4) is 0 Å². The van der Waals surface area contributed by atoms with Gasteiger partial charge in [0.05, 0.1) is 13.2 Å². The number of benzene rings is 1. The highest BCUT2D eigenvalue weighted by Gasteiger charge is 2.47. The lowest BCUT2D eigenvalue weighted by molar-refractivity contribution is 0.411. The largest absolute Gasteiger partial charge is 0.542 e. The molecule has 0 radical (unpaired) electrons. The van der Waals surface area contributed by atoms with Crippen LogP contribution in [0, 0.1) is 18.3 Å². The van der Waals surface area contributed by atoms with Crippen LogP contribution in [-0.4, -0.2) is 15.4 Å². The average Bonchev–Trinajstić information content (AvgIpc) is 2.56. The third-order valence-corrected chi connectivity index (χ3v) is 11.5. The molecule has 0 saturated heterocycles. The molecule has 0 N–H and O–H groups in total. The van der Waals surface area contributed by atoms with Gasteiger partial charge in [0.1, 0.15) is 11.5 Å². The summed E-state index contributed by atoms with van der Waals surface area (Å²) in [7, 11) is -0.294. The van der Waals surface area contributed by atoms with Crippen molar-refractivity contribution in [3.63, 3.8) is 0 Å². The molecule has 0 aliphatic rings. The van der Waals surface area contributed by atoms with E-state index < -0.39 is 8.32 Å². The van der Waals surface area contributed by atoms with Crippen molar-refractivity contribution >= 4 is 8.32 Å². The van der Waals surface area contributed by atoms with E-state index in [4.69, 9.17) is 14.4 Å². The molecule has 1 aromatic carbocycles. The van der Waals surface area contributed by atoms with Gasteiger partial charge in [-0.25, -0.2) is 0 Å². The van der Waals surface area contributed by atoms with Crippen LogP contribution in [0.2, 0.25) is 16.6 Å². The molecule has 0 atom stereocenters. The molecule has 146 valence electrons. The Morgan fingerprint density at radius 1 is 1.00 bits per heavy atom. The van der Waals surface area contributed by atoms with Gasteiger partial charge in [0.2, 0.25) is 0 Å². The zero-order valence-corrected chi connectivity index (χ0v) is 19.0. The Bertz CT molecular complexity index is 596. The van der Waals surface area contributed by atoms with E-state index >= 15 is 0 Å². The van der Waals surface area contributed by atoms with Gasteiger partial charge in [-0.2, -0.15) is 5.26 Å². The highest BCUT2D eigenvalue weighted by Crippen LogP contribution is 2.45. The second-order valence-corrected chi connectivity index (χ2v) is 13.6. The standard InChI is InChI=1S/C22H37NO2Si/c1-16(2)26(17(3)4,18(5)6)25-22-19(7)14-21(24-8)15-20(22)12-10-9-11-13-23/h14-18H,9-12H2,1-8H3. The fourth-order valence-corrected chi connectivity index (χ4v) is 9.66. The summed E-state index contributed by atoms with van der Waals surface area (Å²) >= 11 is 0. The molecule has 4 heteroatoms. The monoisotopic (exact) mass is 375 g/mol. The number of nitrogens with zero attached hydrogens (tertiary/aromatic N) is 1. The van der Waals surface area contributed by atoms with Crippen LogP contribution in [0.25, 0.3) is 0 Å². The van der Waals surface area contributed by atoms with E-state index in [-0.39, 0.29) is 0 Å². The maximum atomic E-state index is 8.79. The molecule has 0 aromatic heterocycles. The van der Waals surface area contributed by atoms with Crippen molar-refractivity contribution in [2.45, 2.75) is 90.8 Å². The minimum Gasteiger partial charge on any atom is -0.542 e. The van der Waals surface area contributed by atoms with Gasteiger partial charge < -0.3 is 9.16 Å². The zero-order valence-electron chi connectivity index (χ0n) is 18.0. The van der Waals surface area contributed by atoms with Crippen molar-refractivity contribution in [1.29, 1.82) is 5.26 Å². The predicted octanol–water partition coefficient (Wildman–Crippen LogP) is 6.79. The molecule has 0 fully saturated rings. The van der Waals surface area contributed by atoms with E-state index in [1.54, 1.807) is 7.11 Å². The number of ether oxygens (including phenoxy) is 1. The lowest BCUT2D eigenvalue weighted by Gasteiger charge is -2.43. The molecule has 1 rings (SSSR count). The SMILES string of the molecule is COc1cc(C)c(O[Si](C(C)C)(C(C)C)C(C)C)c(CCCCC#N)c1. The normalized spacial score (nSPS) is 11.9. The molecule has 0 saturated carbocycles. The quantitative estimate of drug-likeness (QED) is 0.334. The average molecular weight is 376 g/mol. The van der Waals surface area contributed by atoms with Gasteiger partial charge in [0.25, 0.3) is 8.32 Å². The highest BCUT2D eigenvalue weighted by molar-refractivity contribution is 6.78.